The van der Waals surface area contributed by atoms with Crippen LogP contribution in [0.15, 0.2) is 6.07 Å². The quantitative estimate of drug-likeness (QED) is 0.855. The first-order valence-corrected chi connectivity index (χ1v) is 6.55. The molecule has 1 unspecified atom stereocenters. The van der Waals surface area contributed by atoms with Gasteiger partial charge in [0.15, 0.2) is 0 Å². The second-order valence-electron chi connectivity index (χ2n) is 4.58. The zero-order valence-corrected chi connectivity index (χ0v) is 11.0. The molecule has 0 aliphatic carbocycles. The van der Waals surface area contributed by atoms with Gasteiger partial charge in [0.25, 0.3) is 0 Å². The molecule has 0 bridgehead atoms. The van der Waals surface area contributed by atoms with Crippen molar-refractivity contribution in [2.45, 2.75) is 39.2 Å². The lowest BCUT2D eigenvalue weighted by molar-refractivity contribution is 0.616. The number of aryl methyl sites for hydroxylation is 2. The molecule has 0 amide bonds. The molecule has 1 saturated heterocycles. The lowest BCUT2D eigenvalue weighted by Crippen LogP contribution is -2.30. The fourth-order valence-electron chi connectivity index (χ4n) is 2.22. The average molecular weight is 234 g/mol. The largest absolute Gasteiger partial charge is 0.339 e. The van der Waals surface area contributed by atoms with Crippen LogP contribution >= 0.6 is 0 Å². The van der Waals surface area contributed by atoms with E-state index in [1.54, 1.807) is 0 Å². The zero-order valence-electron chi connectivity index (χ0n) is 11.0. The lowest BCUT2D eigenvalue weighted by atomic mass is 10.2. The normalized spacial score (nSPS) is 19.9. The molecule has 4 heteroatoms. The van der Waals surface area contributed by atoms with Crippen LogP contribution in [0.3, 0.4) is 0 Å². The Labute approximate surface area is 103 Å². The van der Waals surface area contributed by atoms with Crippen LogP contribution in [0, 0.1) is 0 Å². The summed E-state index contributed by atoms with van der Waals surface area (Å²) in [5.74, 6) is 0.916. The molecule has 0 spiro atoms. The molecule has 0 saturated carbocycles. The van der Waals surface area contributed by atoms with Crippen LogP contribution in [0.4, 0.5) is 5.95 Å². The highest BCUT2D eigenvalue weighted by atomic mass is 15.3. The van der Waals surface area contributed by atoms with Gasteiger partial charge in [-0.25, -0.2) is 9.97 Å². The first-order chi connectivity index (χ1) is 8.26. The summed E-state index contributed by atoms with van der Waals surface area (Å²) in [5.41, 5.74) is 2.31. The predicted molar refractivity (Wildman–Crippen MR) is 70.5 cm³/mol. The highest BCUT2D eigenvalue weighted by molar-refractivity contribution is 5.34. The molecule has 1 aromatic heterocycles. The summed E-state index contributed by atoms with van der Waals surface area (Å²) in [6.07, 6.45) is 3.13. The van der Waals surface area contributed by atoms with Crippen LogP contribution < -0.4 is 10.2 Å². The molecule has 1 aliphatic heterocycles. The first kappa shape index (κ1) is 12.3. The molecule has 2 rings (SSSR count). The third-order valence-electron chi connectivity index (χ3n) is 3.42. The summed E-state index contributed by atoms with van der Waals surface area (Å²) >= 11 is 0. The van der Waals surface area contributed by atoms with Crippen LogP contribution in [0.5, 0.6) is 0 Å². The summed E-state index contributed by atoms with van der Waals surface area (Å²) in [4.78, 5) is 11.6. The van der Waals surface area contributed by atoms with Crippen molar-refractivity contribution in [2.75, 3.05) is 25.0 Å². The van der Waals surface area contributed by atoms with Crippen LogP contribution in [0.25, 0.3) is 0 Å². The molecule has 1 atom stereocenters. The third-order valence-corrected chi connectivity index (χ3v) is 3.42. The molecule has 94 valence electrons. The molecule has 1 aromatic rings. The van der Waals surface area contributed by atoms with Crippen LogP contribution in [-0.4, -0.2) is 36.1 Å². The predicted octanol–water partition coefficient (Wildman–Crippen LogP) is 1.40. The maximum absolute atomic E-state index is 4.64. The van der Waals surface area contributed by atoms with E-state index in [9.17, 15) is 0 Å². The highest BCUT2D eigenvalue weighted by Crippen LogP contribution is 2.17. The molecule has 0 aromatic carbocycles. The van der Waals surface area contributed by atoms with Gasteiger partial charge in [0.2, 0.25) is 5.95 Å². The number of aromatic nitrogens is 2. The monoisotopic (exact) mass is 234 g/mol. The molecule has 0 radical (unpaired) electrons. The number of hydrogen-bond acceptors (Lipinski definition) is 4. The van der Waals surface area contributed by atoms with E-state index in [4.69, 9.17) is 0 Å². The van der Waals surface area contributed by atoms with Crippen LogP contribution in [-0.2, 0) is 12.8 Å². The molecular formula is C13H22N4. The molecule has 1 N–H and O–H groups in total. The van der Waals surface area contributed by atoms with Gasteiger partial charge in [-0.3, -0.25) is 0 Å². The SMILES string of the molecule is CCc1cc(CC)nc(N2CCC(NC)C2)n1. The first-order valence-electron chi connectivity index (χ1n) is 6.55. The zero-order chi connectivity index (χ0) is 12.3. The van der Waals surface area contributed by atoms with Crippen molar-refractivity contribution in [3.63, 3.8) is 0 Å². The highest BCUT2D eigenvalue weighted by Gasteiger charge is 2.23. The third kappa shape index (κ3) is 2.75. The van der Waals surface area contributed by atoms with E-state index in [0.29, 0.717) is 6.04 Å². The minimum Gasteiger partial charge on any atom is -0.339 e. The smallest absolute Gasteiger partial charge is 0.225 e. The number of nitrogens with one attached hydrogen (secondary N) is 1. The van der Waals surface area contributed by atoms with Gasteiger partial charge in [-0.05, 0) is 32.4 Å². The Kier molecular flexibility index (Phi) is 3.94. The minimum atomic E-state index is 0.578. The summed E-state index contributed by atoms with van der Waals surface area (Å²) in [7, 11) is 2.02. The van der Waals surface area contributed by atoms with Gasteiger partial charge >= 0.3 is 0 Å². The Morgan fingerprint density at radius 1 is 1.29 bits per heavy atom. The molecule has 2 heterocycles. The van der Waals surface area contributed by atoms with E-state index in [1.807, 2.05) is 7.05 Å². The summed E-state index contributed by atoms with van der Waals surface area (Å²) in [6.45, 7) is 6.37. The van der Waals surface area contributed by atoms with Crippen LogP contribution in [0.2, 0.25) is 0 Å². The van der Waals surface area contributed by atoms with Gasteiger partial charge < -0.3 is 10.2 Å². The van der Waals surface area contributed by atoms with Gasteiger partial charge in [0, 0.05) is 30.5 Å². The lowest BCUT2D eigenvalue weighted by Gasteiger charge is -2.17. The number of rotatable bonds is 4. The van der Waals surface area contributed by atoms with Crippen molar-refractivity contribution in [3.05, 3.63) is 17.5 Å². The van der Waals surface area contributed by atoms with E-state index in [2.05, 4.69) is 40.1 Å². The Hall–Kier alpha value is -1.16. The Morgan fingerprint density at radius 3 is 2.41 bits per heavy atom. The van der Waals surface area contributed by atoms with Gasteiger partial charge in [-0.2, -0.15) is 0 Å². The molecule has 1 fully saturated rings. The molecular weight excluding hydrogens is 212 g/mol. The standard InChI is InChI=1S/C13H22N4/c1-4-10-8-11(5-2)16-13(15-10)17-7-6-12(9-17)14-3/h8,12,14H,4-7,9H2,1-3H3. The van der Waals surface area contributed by atoms with Crippen molar-refractivity contribution < 1.29 is 0 Å². The maximum Gasteiger partial charge on any atom is 0.225 e. The van der Waals surface area contributed by atoms with Gasteiger partial charge in [-0.15, -0.1) is 0 Å². The second-order valence-corrected chi connectivity index (χ2v) is 4.58. The Balaban J connectivity index is 2.20. The topological polar surface area (TPSA) is 41.1 Å². The minimum absolute atomic E-state index is 0.578. The van der Waals surface area contributed by atoms with Crippen molar-refractivity contribution in [2.24, 2.45) is 0 Å². The van der Waals surface area contributed by atoms with E-state index >= 15 is 0 Å². The molecule has 17 heavy (non-hydrogen) atoms. The van der Waals surface area contributed by atoms with Crippen molar-refractivity contribution in [1.82, 2.24) is 15.3 Å². The number of anilines is 1. The Bertz CT molecular complexity index is 355. The summed E-state index contributed by atoms with van der Waals surface area (Å²) in [6, 6.07) is 2.70. The molecule has 4 nitrogen and oxygen atoms in total. The average Bonchev–Trinajstić information content (AvgIpc) is 2.86. The van der Waals surface area contributed by atoms with Crippen molar-refractivity contribution in [1.29, 1.82) is 0 Å². The maximum atomic E-state index is 4.64. The van der Waals surface area contributed by atoms with Gasteiger partial charge in [-0.1, -0.05) is 13.8 Å². The number of nitrogens with zero attached hydrogens (tertiary/aromatic N) is 3. The molecule has 1 aliphatic rings. The van der Waals surface area contributed by atoms with E-state index in [0.717, 1.165) is 43.3 Å². The van der Waals surface area contributed by atoms with Crippen LogP contribution in [0.1, 0.15) is 31.7 Å². The summed E-state index contributed by atoms with van der Waals surface area (Å²) < 4.78 is 0. The van der Waals surface area contributed by atoms with Gasteiger partial charge in [0.05, 0.1) is 0 Å². The van der Waals surface area contributed by atoms with E-state index in [1.165, 1.54) is 6.42 Å². The fraction of sp³-hybridized carbons (Fsp3) is 0.692. The fourth-order valence-corrected chi connectivity index (χ4v) is 2.22. The number of hydrogen-bond donors (Lipinski definition) is 1. The van der Waals surface area contributed by atoms with Crippen molar-refractivity contribution in [3.8, 4) is 0 Å². The van der Waals surface area contributed by atoms with Gasteiger partial charge in [0.1, 0.15) is 0 Å². The number of likely N-dealkylation sites (N-methyl/N-ethyl adjacent to an activating group) is 1. The van der Waals surface area contributed by atoms with Crippen molar-refractivity contribution >= 4 is 5.95 Å². The Morgan fingerprint density at radius 2 is 1.94 bits per heavy atom. The van der Waals surface area contributed by atoms with E-state index in [-0.39, 0.29) is 0 Å². The second kappa shape index (κ2) is 5.45. The summed E-state index contributed by atoms with van der Waals surface area (Å²) in [5, 5.41) is 3.32. The van der Waals surface area contributed by atoms with E-state index < -0.39 is 0 Å².